The number of hydrogen-bond acceptors (Lipinski definition) is 5. The minimum atomic E-state index is -1.38. The highest BCUT2D eigenvalue weighted by atomic mass is 19.1. The predicted octanol–water partition coefficient (Wildman–Crippen LogP) is 3.06. The summed E-state index contributed by atoms with van der Waals surface area (Å²) in [6.45, 7) is 4.77. The summed E-state index contributed by atoms with van der Waals surface area (Å²) >= 11 is 0. The Morgan fingerprint density at radius 1 is 1.15 bits per heavy atom. The van der Waals surface area contributed by atoms with Gasteiger partial charge in [-0.2, -0.15) is 0 Å². The predicted molar refractivity (Wildman–Crippen MR) is 102 cm³/mol. The zero-order valence-corrected chi connectivity index (χ0v) is 15.7. The molecule has 3 aliphatic rings. The summed E-state index contributed by atoms with van der Waals surface area (Å²) in [6, 6.07) is 8.23. The SMILES string of the molecule is CC1(F)CCc2c(-c3ccc(C4(N)CCOC4)cc3)nc(N3CCC3)nc21. The fourth-order valence-corrected chi connectivity index (χ4v) is 4.28. The van der Waals surface area contributed by atoms with E-state index in [9.17, 15) is 0 Å². The highest BCUT2D eigenvalue weighted by Crippen LogP contribution is 2.43. The summed E-state index contributed by atoms with van der Waals surface area (Å²) in [5.74, 6) is 0.657. The van der Waals surface area contributed by atoms with Gasteiger partial charge in [0.1, 0.15) is 0 Å². The lowest BCUT2D eigenvalue weighted by Gasteiger charge is -2.32. The summed E-state index contributed by atoms with van der Waals surface area (Å²) in [5, 5.41) is 0. The van der Waals surface area contributed by atoms with Gasteiger partial charge in [-0.1, -0.05) is 24.3 Å². The van der Waals surface area contributed by atoms with Crippen LogP contribution in [0.4, 0.5) is 10.3 Å². The van der Waals surface area contributed by atoms with Crippen molar-refractivity contribution < 1.29 is 9.13 Å². The van der Waals surface area contributed by atoms with E-state index in [1.807, 2.05) is 0 Å². The van der Waals surface area contributed by atoms with E-state index in [-0.39, 0.29) is 0 Å². The smallest absolute Gasteiger partial charge is 0.226 e. The first-order valence-corrected chi connectivity index (χ1v) is 9.79. The molecule has 6 heteroatoms. The second-order valence-electron chi connectivity index (χ2n) is 8.27. The number of aromatic nitrogens is 2. The minimum absolute atomic E-state index is 0.410. The average Bonchev–Trinajstić information content (AvgIpc) is 3.18. The number of alkyl halides is 1. The molecule has 2 aliphatic heterocycles. The third-order valence-corrected chi connectivity index (χ3v) is 6.26. The molecule has 142 valence electrons. The Hall–Kier alpha value is -2.05. The van der Waals surface area contributed by atoms with E-state index in [0.29, 0.717) is 37.7 Å². The number of ether oxygens (including phenoxy) is 1. The standard InChI is InChI=1S/C21H25FN4O/c1-20(22)8-7-16-17(24-19(25-18(16)20)26-10-2-11-26)14-3-5-15(6-4-14)21(23)9-12-27-13-21/h3-6H,2,7-13,23H2,1H3. The molecule has 2 N–H and O–H groups in total. The summed E-state index contributed by atoms with van der Waals surface area (Å²) in [7, 11) is 0. The van der Waals surface area contributed by atoms with Gasteiger partial charge in [-0.15, -0.1) is 0 Å². The van der Waals surface area contributed by atoms with Gasteiger partial charge < -0.3 is 15.4 Å². The van der Waals surface area contributed by atoms with Gasteiger partial charge in [0.25, 0.3) is 0 Å². The largest absolute Gasteiger partial charge is 0.379 e. The molecular weight excluding hydrogens is 343 g/mol. The van der Waals surface area contributed by atoms with Crippen LogP contribution in [0.25, 0.3) is 11.3 Å². The summed E-state index contributed by atoms with van der Waals surface area (Å²) in [5.41, 5.74) is 9.14. The maximum atomic E-state index is 15.0. The number of benzene rings is 1. The first kappa shape index (κ1) is 17.1. The number of nitrogens with zero attached hydrogens (tertiary/aromatic N) is 3. The van der Waals surface area contributed by atoms with Gasteiger partial charge in [0.2, 0.25) is 5.95 Å². The molecule has 2 saturated heterocycles. The molecule has 1 aromatic heterocycles. The Kier molecular flexibility index (Phi) is 3.78. The molecule has 0 saturated carbocycles. The van der Waals surface area contributed by atoms with E-state index < -0.39 is 11.2 Å². The Balaban J connectivity index is 1.57. The van der Waals surface area contributed by atoms with Crippen LogP contribution in [0.5, 0.6) is 0 Å². The molecule has 0 radical (unpaired) electrons. The molecular formula is C21H25FN4O. The maximum Gasteiger partial charge on any atom is 0.226 e. The lowest BCUT2D eigenvalue weighted by molar-refractivity contribution is 0.178. The third kappa shape index (κ3) is 2.74. The molecule has 5 rings (SSSR count). The molecule has 5 nitrogen and oxygen atoms in total. The van der Waals surface area contributed by atoms with Crippen molar-refractivity contribution >= 4 is 5.95 Å². The van der Waals surface area contributed by atoms with E-state index in [2.05, 4.69) is 34.1 Å². The quantitative estimate of drug-likeness (QED) is 0.902. The van der Waals surface area contributed by atoms with Crippen molar-refractivity contribution in [1.29, 1.82) is 0 Å². The first-order valence-electron chi connectivity index (χ1n) is 9.79. The normalized spacial score (nSPS) is 29.7. The van der Waals surface area contributed by atoms with Crippen LogP contribution in [-0.4, -0.2) is 36.3 Å². The van der Waals surface area contributed by atoms with Crippen molar-refractivity contribution in [3.05, 3.63) is 41.1 Å². The molecule has 27 heavy (non-hydrogen) atoms. The van der Waals surface area contributed by atoms with Gasteiger partial charge in [-0.25, -0.2) is 14.4 Å². The van der Waals surface area contributed by atoms with Gasteiger partial charge in [-0.05, 0) is 38.2 Å². The van der Waals surface area contributed by atoms with Crippen LogP contribution in [0.1, 0.15) is 43.0 Å². The topological polar surface area (TPSA) is 64.3 Å². The Morgan fingerprint density at radius 3 is 2.56 bits per heavy atom. The van der Waals surface area contributed by atoms with Crippen molar-refractivity contribution in [3.8, 4) is 11.3 Å². The molecule has 3 heterocycles. The zero-order chi connectivity index (χ0) is 18.6. The molecule has 2 atom stereocenters. The molecule has 1 aliphatic carbocycles. The average molecular weight is 368 g/mol. The van der Waals surface area contributed by atoms with E-state index in [1.54, 1.807) is 6.92 Å². The number of anilines is 1. The van der Waals surface area contributed by atoms with Crippen molar-refractivity contribution in [1.82, 2.24) is 9.97 Å². The van der Waals surface area contributed by atoms with Crippen LogP contribution in [0.2, 0.25) is 0 Å². The van der Waals surface area contributed by atoms with Gasteiger partial charge in [0.05, 0.1) is 23.5 Å². The number of fused-ring (bicyclic) bond motifs is 1. The van der Waals surface area contributed by atoms with Gasteiger partial charge in [0.15, 0.2) is 5.67 Å². The maximum absolute atomic E-state index is 15.0. The molecule has 0 amide bonds. The second kappa shape index (κ2) is 5.97. The highest BCUT2D eigenvalue weighted by Gasteiger charge is 2.39. The van der Waals surface area contributed by atoms with Crippen LogP contribution in [0.3, 0.4) is 0 Å². The molecule has 1 aromatic carbocycles. The van der Waals surface area contributed by atoms with Gasteiger partial charge in [-0.3, -0.25) is 0 Å². The number of hydrogen-bond donors (Lipinski definition) is 1. The molecule has 2 unspecified atom stereocenters. The monoisotopic (exact) mass is 368 g/mol. The molecule has 0 bridgehead atoms. The second-order valence-corrected chi connectivity index (χ2v) is 8.27. The fraction of sp³-hybridized carbons (Fsp3) is 0.524. The Morgan fingerprint density at radius 2 is 1.93 bits per heavy atom. The van der Waals surface area contributed by atoms with E-state index in [0.717, 1.165) is 48.3 Å². The van der Waals surface area contributed by atoms with Gasteiger partial charge in [0, 0.05) is 30.8 Å². The number of rotatable bonds is 3. The summed E-state index contributed by atoms with van der Waals surface area (Å²) in [6.07, 6.45) is 3.11. The molecule has 2 fully saturated rings. The highest BCUT2D eigenvalue weighted by molar-refractivity contribution is 5.67. The van der Waals surface area contributed by atoms with Gasteiger partial charge >= 0.3 is 0 Å². The van der Waals surface area contributed by atoms with Crippen LogP contribution in [0.15, 0.2) is 24.3 Å². The third-order valence-electron chi connectivity index (χ3n) is 6.26. The fourth-order valence-electron chi connectivity index (χ4n) is 4.28. The number of halogens is 1. The number of nitrogens with two attached hydrogens (primary N) is 1. The van der Waals surface area contributed by atoms with Crippen molar-refractivity contribution in [3.63, 3.8) is 0 Å². The zero-order valence-electron chi connectivity index (χ0n) is 15.7. The van der Waals surface area contributed by atoms with E-state index >= 15 is 4.39 Å². The summed E-state index contributed by atoms with van der Waals surface area (Å²) in [4.78, 5) is 11.6. The Bertz CT molecular complexity index is 870. The van der Waals surface area contributed by atoms with E-state index in [4.69, 9.17) is 15.5 Å². The lowest BCUT2D eigenvalue weighted by Crippen LogP contribution is -2.38. The van der Waals surface area contributed by atoms with Crippen LogP contribution >= 0.6 is 0 Å². The lowest BCUT2D eigenvalue weighted by atomic mass is 9.89. The van der Waals surface area contributed by atoms with E-state index in [1.165, 1.54) is 0 Å². The first-order chi connectivity index (χ1) is 13.0. The molecule has 0 spiro atoms. The van der Waals surface area contributed by atoms with Crippen molar-refractivity contribution in [2.24, 2.45) is 5.73 Å². The van der Waals surface area contributed by atoms with Crippen LogP contribution < -0.4 is 10.6 Å². The van der Waals surface area contributed by atoms with Crippen molar-refractivity contribution in [2.75, 3.05) is 31.2 Å². The van der Waals surface area contributed by atoms with Crippen LogP contribution in [0, 0.1) is 0 Å². The minimum Gasteiger partial charge on any atom is -0.379 e. The van der Waals surface area contributed by atoms with Crippen LogP contribution in [-0.2, 0) is 22.4 Å². The Labute approximate surface area is 158 Å². The van der Waals surface area contributed by atoms with Crippen molar-refractivity contribution in [2.45, 2.75) is 43.8 Å². The molecule has 2 aromatic rings. The summed E-state index contributed by atoms with van der Waals surface area (Å²) < 4.78 is 20.5.